The number of thioether (sulfide) groups is 1. The normalized spacial score (nSPS) is 15.4. The molecule has 0 spiro atoms. The summed E-state index contributed by atoms with van der Waals surface area (Å²) >= 11 is 6.58. The highest BCUT2D eigenvalue weighted by Crippen LogP contribution is 2.36. The summed E-state index contributed by atoms with van der Waals surface area (Å²) < 4.78 is 0.388. The van der Waals surface area contributed by atoms with Gasteiger partial charge in [-0.25, -0.2) is 4.79 Å². The Labute approximate surface area is 173 Å². The molecule has 28 heavy (non-hydrogen) atoms. The lowest BCUT2D eigenvalue weighted by atomic mass is 10.1. The molecular weight excluding hydrogens is 392 g/mol. The van der Waals surface area contributed by atoms with Crippen molar-refractivity contribution in [1.29, 1.82) is 0 Å². The molecule has 0 atom stereocenters. The molecule has 0 aromatic heterocycles. The van der Waals surface area contributed by atoms with Crippen LogP contribution in [0.1, 0.15) is 29.8 Å². The summed E-state index contributed by atoms with van der Waals surface area (Å²) in [6, 6.07) is 14.3. The van der Waals surface area contributed by atoms with Gasteiger partial charge in [0.2, 0.25) is 0 Å². The largest absolute Gasteiger partial charge is 0.478 e. The molecule has 0 radical (unpaired) electrons. The minimum Gasteiger partial charge on any atom is -0.478 e. The highest BCUT2D eigenvalue weighted by Gasteiger charge is 2.33. The zero-order valence-corrected chi connectivity index (χ0v) is 17.2. The number of carbonyl (C=O) groups excluding carboxylic acids is 1. The third-order valence-corrected chi connectivity index (χ3v) is 5.77. The summed E-state index contributed by atoms with van der Waals surface area (Å²) in [4.78, 5) is 28.2. The van der Waals surface area contributed by atoms with Crippen LogP contribution >= 0.6 is 24.0 Å². The van der Waals surface area contributed by atoms with Gasteiger partial charge in [0.05, 0.1) is 16.2 Å². The van der Waals surface area contributed by atoms with Crippen molar-refractivity contribution in [3.63, 3.8) is 0 Å². The van der Waals surface area contributed by atoms with E-state index in [1.165, 1.54) is 28.8 Å². The second-order valence-electron chi connectivity index (χ2n) is 6.14. The Hall–Kier alpha value is -2.64. The number of carboxylic acids is 1. The molecule has 1 N–H and O–H groups in total. The number of rotatable bonds is 6. The van der Waals surface area contributed by atoms with E-state index < -0.39 is 5.97 Å². The van der Waals surface area contributed by atoms with E-state index in [2.05, 4.69) is 18.7 Å². The fourth-order valence-electron chi connectivity index (χ4n) is 2.99. The smallest absolute Gasteiger partial charge is 0.335 e. The predicted molar refractivity (Wildman–Crippen MR) is 119 cm³/mol. The van der Waals surface area contributed by atoms with Crippen LogP contribution in [-0.2, 0) is 4.79 Å². The molecule has 1 aliphatic heterocycles. The Morgan fingerprint density at radius 1 is 1.18 bits per heavy atom. The minimum atomic E-state index is -1.05. The van der Waals surface area contributed by atoms with E-state index in [0.29, 0.717) is 14.9 Å². The first-order valence-corrected chi connectivity index (χ1v) is 10.1. The Morgan fingerprint density at radius 2 is 1.86 bits per heavy atom. The van der Waals surface area contributed by atoms with E-state index >= 15 is 0 Å². The van der Waals surface area contributed by atoms with E-state index in [9.17, 15) is 14.7 Å². The van der Waals surface area contributed by atoms with E-state index in [1.807, 2.05) is 30.3 Å². The molecule has 0 unspecified atom stereocenters. The highest BCUT2D eigenvalue weighted by molar-refractivity contribution is 8.27. The van der Waals surface area contributed by atoms with Crippen molar-refractivity contribution >= 4 is 57.6 Å². The monoisotopic (exact) mass is 412 g/mol. The van der Waals surface area contributed by atoms with Gasteiger partial charge in [0.1, 0.15) is 0 Å². The van der Waals surface area contributed by atoms with Gasteiger partial charge in [0, 0.05) is 18.8 Å². The van der Waals surface area contributed by atoms with Gasteiger partial charge in [-0.1, -0.05) is 42.2 Å². The molecule has 2 aromatic rings. The van der Waals surface area contributed by atoms with E-state index in [4.69, 9.17) is 12.2 Å². The summed E-state index contributed by atoms with van der Waals surface area (Å²) in [5.74, 6) is -1.29. The lowest BCUT2D eigenvalue weighted by molar-refractivity contribution is -0.113. The Balaban J connectivity index is 1.85. The van der Waals surface area contributed by atoms with E-state index in [0.717, 1.165) is 24.3 Å². The Kier molecular flexibility index (Phi) is 6.16. The van der Waals surface area contributed by atoms with Crippen molar-refractivity contribution in [3.8, 4) is 0 Å². The standard InChI is InChI=1S/C21H20N2O3S2/c1-3-22(4-2)16-10-8-14(9-11-16)12-18-19(24)23(21(27)28-18)17-7-5-6-15(13-17)20(25)26/h5-13H,3-4H2,1-2H3,(H,25,26)/b18-12-. The molecule has 1 amide bonds. The molecule has 144 valence electrons. The van der Waals surface area contributed by atoms with Crippen molar-refractivity contribution in [2.75, 3.05) is 22.9 Å². The van der Waals surface area contributed by atoms with Gasteiger partial charge in [-0.05, 0) is 55.8 Å². The number of anilines is 2. The van der Waals surface area contributed by atoms with Gasteiger partial charge in [0.25, 0.3) is 5.91 Å². The van der Waals surface area contributed by atoms with Gasteiger partial charge in [-0.3, -0.25) is 9.69 Å². The number of carboxylic acid groups (broad SMARTS) is 1. The van der Waals surface area contributed by atoms with Gasteiger partial charge in [-0.2, -0.15) is 0 Å². The van der Waals surface area contributed by atoms with Crippen LogP contribution in [0.4, 0.5) is 11.4 Å². The van der Waals surface area contributed by atoms with Crippen LogP contribution in [0.15, 0.2) is 53.4 Å². The van der Waals surface area contributed by atoms with E-state index in [1.54, 1.807) is 12.1 Å². The summed E-state index contributed by atoms with van der Waals surface area (Å²) in [7, 11) is 0. The molecule has 5 nitrogen and oxygen atoms in total. The first-order chi connectivity index (χ1) is 13.4. The number of amides is 1. The fraction of sp³-hybridized carbons (Fsp3) is 0.190. The summed E-state index contributed by atoms with van der Waals surface area (Å²) in [5, 5.41) is 9.17. The van der Waals surface area contributed by atoms with Crippen LogP contribution in [0.2, 0.25) is 0 Å². The molecule has 2 aromatic carbocycles. The molecular formula is C21H20N2O3S2. The Bertz CT molecular complexity index is 950. The van der Waals surface area contributed by atoms with Crippen LogP contribution in [0.25, 0.3) is 6.08 Å². The van der Waals surface area contributed by atoms with Gasteiger partial charge in [-0.15, -0.1) is 0 Å². The van der Waals surface area contributed by atoms with Crippen molar-refractivity contribution in [3.05, 3.63) is 64.6 Å². The Morgan fingerprint density at radius 3 is 2.46 bits per heavy atom. The van der Waals surface area contributed by atoms with Crippen LogP contribution in [0, 0.1) is 0 Å². The second kappa shape index (κ2) is 8.58. The first-order valence-electron chi connectivity index (χ1n) is 8.91. The summed E-state index contributed by atoms with van der Waals surface area (Å²) in [6.45, 7) is 6.10. The average Bonchev–Trinajstić information content (AvgIpc) is 2.97. The van der Waals surface area contributed by atoms with Crippen LogP contribution in [0.5, 0.6) is 0 Å². The maximum absolute atomic E-state index is 12.9. The summed E-state index contributed by atoms with van der Waals surface area (Å²) in [6.07, 6.45) is 1.81. The third-order valence-electron chi connectivity index (χ3n) is 4.46. The van der Waals surface area contributed by atoms with Crippen LogP contribution < -0.4 is 9.80 Å². The predicted octanol–water partition coefficient (Wildman–Crippen LogP) is 4.64. The zero-order valence-electron chi connectivity index (χ0n) is 15.6. The lowest BCUT2D eigenvalue weighted by Crippen LogP contribution is -2.27. The van der Waals surface area contributed by atoms with Crippen molar-refractivity contribution < 1.29 is 14.7 Å². The molecule has 0 aliphatic carbocycles. The number of benzene rings is 2. The molecule has 1 heterocycles. The maximum Gasteiger partial charge on any atom is 0.335 e. The number of hydrogen-bond donors (Lipinski definition) is 1. The van der Waals surface area contributed by atoms with E-state index in [-0.39, 0.29) is 11.5 Å². The zero-order chi connectivity index (χ0) is 20.3. The number of aromatic carboxylic acids is 1. The quantitative estimate of drug-likeness (QED) is 0.551. The topological polar surface area (TPSA) is 60.9 Å². The number of nitrogens with zero attached hydrogens (tertiary/aromatic N) is 2. The fourth-order valence-corrected chi connectivity index (χ4v) is 4.29. The average molecular weight is 413 g/mol. The lowest BCUT2D eigenvalue weighted by Gasteiger charge is -2.20. The molecule has 1 aliphatic rings. The van der Waals surface area contributed by atoms with Crippen molar-refractivity contribution in [2.45, 2.75) is 13.8 Å². The highest BCUT2D eigenvalue weighted by atomic mass is 32.2. The number of carbonyl (C=O) groups is 2. The summed E-state index contributed by atoms with van der Waals surface area (Å²) in [5.41, 5.74) is 2.63. The molecule has 0 saturated carbocycles. The molecule has 0 bridgehead atoms. The SMILES string of the molecule is CCN(CC)c1ccc(/C=C2\SC(=S)N(c3cccc(C(=O)O)c3)C2=O)cc1. The van der Waals surface area contributed by atoms with Crippen molar-refractivity contribution in [1.82, 2.24) is 0 Å². The third kappa shape index (κ3) is 4.10. The van der Waals surface area contributed by atoms with Crippen LogP contribution in [-0.4, -0.2) is 34.4 Å². The second-order valence-corrected chi connectivity index (χ2v) is 7.81. The molecule has 1 saturated heterocycles. The number of thiocarbonyl (C=S) groups is 1. The maximum atomic E-state index is 12.9. The number of hydrogen-bond acceptors (Lipinski definition) is 5. The minimum absolute atomic E-state index is 0.113. The first kappa shape index (κ1) is 20.1. The van der Waals surface area contributed by atoms with Crippen LogP contribution in [0.3, 0.4) is 0 Å². The molecule has 7 heteroatoms. The van der Waals surface area contributed by atoms with Gasteiger partial charge >= 0.3 is 5.97 Å². The molecule has 3 rings (SSSR count). The van der Waals surface area contributed by atoms with Gasteiger partial charge in [0.15, 0.2) is 4.32 Å². The molecule has 1 fully saturated rings. The van der Waals surface area contributed by atoms with Crippen molar-refractivity contribution in [2.24, 2.45) is 0 Å². The van der Waals surface area contributed by atoms with Gasteiger partial charge < -0.3 is 10.0 Å².